The Labute approximate surface area is 177 Å². The summed E-state index contributed by atoms with van der Waals surface area (Å²) in [6, 6.07) is 3.77. The molecule has 0 spiro atoms. The van der Waals surface area contributed by atoms with Crippen molar-refractivity contribution in [2.24, 2.45) is 5.41 Å². The van der Waals surface area contributed by atoms with E-state index in [1.54, 1.807) is 11.2 Å². The summed E-state index contributed by atoms with van der Waals surface area (Å²) in [7, 11) is 1.82. The van der Waals surface area contributed by atoms with Gasteiger partial charge in [-0.1, -0.05) is 26.8 Å². The van der Waals surface area contributed by atoms with Crippen LogP contribution in [0.1, 0.15) is 46.6 Å². The molecule has 0 aliphatic carbocycles. The van der Waals surface area contributed by atoms with E-state index in [9.17, 15) is 9.59 Å². The van der Waals surface area contributed by atoms with Gasteiger partial charge in [-0.25, -0.2) is 0 Å². The summed E-state index contributed by atoms with van der Waals surface area (Å²) >= 11 is 0. The Hall–Kier alpha value is -2.54. The monoisotopic (exact) mass is 413 g/mol. The first-order valence-corrected chi connectivity index (χ1v) is 10.4. The van der Waals surface area contributed by atoms with E-state index in [1.807, 2.05) is 39.1 Å². The second-order valence-corrected chi connectivity index (χ2v) is 10.0. The number of anilines is 1. The van der Waals surface area contributed by atoms with Crippen molar-refractivity contribution in [1.29, 1.82) is 0 Å². The van der Waals surface area contributed by atoms with Gasteiger partial charge in [-0.3, -0.25) is 9.59 Å². The highest BCUT2D eigenvalue weighted by Gasteiger charge is 2.57. The number of amides is 2. The molecule has 0 unspecified atom stereocenters. The highest BCUT2D eigenvalue weighted by molar-refractivity contribution is 6.09. The summed E-state index contributed by atoms with van der Waals surface area (Å²) in [5.41, 5.74) is -0.169. The average Bonchev–Trinajstić information content (AvgIpc) is 2.82. The number of ether oxygens (including phenoxy) is 2. The number of rotatable bonds is 2. The predicted molar refractivity (Wildman–Crippen MR) is 115 cm³/mol. The second-order valence-electron chi connectivity index (χ2n) is 10.0. The van der Waals surface area contributed by atoms with E-state index in [2.05, 4.69) is 31.4 Å². The maximum atomic E-state index is 13.6. The van der Waals surface area contributed by atoms with Gasteiger partial charge in [0.1, 0.15) is 5.60 Å². The predicted octanol–water partition coefficient (Wildman–Crippen LogP) is 2.81. The lowest BCUT2D eigenvalue weighted by Gasteiger charge is -2.45. The van der Waals surface area contributed by atoms with Gasteiger partial charge in [-0.2, -0.15) is 0 Å². The van der Waals surface area contributed by atoms with Gasteiger partial charge in [0.25, 0.3) is 0 Å². The van der Waals surface area contributed by atoms with Gasteiger partial charge in [-0.05, 0) is 43.4 Å². The molecule has 30 heavy (non-hydrogen) atoms. The molecule has 1 fully saturated rings. The number of hydrogen-bond donors (Lipinski definition) is 2. The Balaban J connectivity index is 1.83. The maximum Gasteiger partial charge on any atom is 0.236 e. The van der Waals surface area contributed by atoms with E-state index in [4.69, 9.17) is 9.47 Å². The summed E-state index contributed by atoms with van der Waals surface area (Å²) in [6.45, 7) is 11.1. The zero-order chi connectivity index (χ0) is 21.9. The van der Waals surface area contributed by atoms with Crippen molar-refractivity contribution in [2.45, 2.75) is 58.1 Å². The number of fused-ring (bicyclic) bond motifs is 3. The van der Waals surface area contributed by atoms with Crippen LogP contribution >= 0.6 is 0 Å². The molecule has 2 atom stereocenters. The molecule has 1 aromatic carbocycles. The normalized spacial score (nSPS) is 27.5. The third kappa shape index (κ3) is 3.07. The largest absolute Gasteiger partial charge is 0.480 e. The van der Waals surface area contributed by atoms with Crippen molar-refractivity contribution in [1.82, 2.24) is 10.2 Å². The standard InChI is InChI=1S/C23H31N3O4/c1-21(2,3)23(11-14-12-24-13-17(27)26(14)6)15-7-8-16-19(18(15)25-20(23)28)29-10-9-22(4,5)30-16/h7-10,14,24H,11-13H2,1-6H3,(H,25,28)/t14-,23-/m1/s1. The van der Waals surface area contributed by atoms with Gasteiger partial charge in [0.2, 0.25) is 11.8 Å². The van der Waals surface area contributed by atoms with Crippen LogP contribution in [0.2, 0.25) is 0 Å². The molecule has 0 aromatic heterocycles. The fraction of sp³-hybridized carbons (Fsp3) is 0.565. The zero-order valence-corrected chi connectivity index (χ0v) is 18.6. The minimum absolute atomic E-state index is 0.0416. The van der Waals surface area contributed by atoms with E-state index >= 15 is 0 Å². The van der Waals surface area contributed by atoms with E-state index < -0.39 is 16.4 Å². The van der Waals surface area contributed by atoms with Crippen molar-refractivity contribution < 1.29 is 19.1 Å². The molecule has 7 heteroatoms. The molecule has 1 saturated heterocycles. The number of carbonyl (C=O) groups excluding carboxylic acids is 2. The molecule has 0 radical (unpaired) electrons. The van der Waals surface area contributed by atoms with Crippen LogP contribution in [0.5, 0.6) is 11.5 Å². The molecule has 3 aliphatic heterocycles. The quantitative estimate of drug-likeness (QED) is 0.779. The molecule has 162 valence electrons. The van der Waals surface area contributed by atoms with Crippen LogP contribution in [0.3, 0.4) is 0 Å². The Bertz CT molecular complexity index is 931. The highest BCUT2D eigenvalue weighted by atomic mass is 16.5. The Kier molecular flexibility index (Phi) is 4.65. The lowest BCUT2D eigenvalue weighted by atomic mass is 9.60. The van der Waals surface area contributed by atoms with Gasteiger partial charge in [-0.15, -0.1) is 0 Å². The van der Waals surface area contributed by atoms with Crippen molar-refractivity contribution in [3.8, 4) is 11.5 Å². The molecule has 2 amide bonds. The first-order chi connectivity index (χ1) is 14.0. The molecular weight excluding hydrogens is 382 g/mol. The Morgan fingerprint density at radius 2 is 1.97 bits per heavy atom. The van der Waals surface area contributed by atoms with Crippen LogP contribution in [0.4, 0.5) is 5.69 Å². The fourth-order valence-corrected chi connectivity index (χ4v) is 4.79. The van der Waals surface area contributed by atoms with Crippen molar-refractivity contribution in [3.63, 3.8) is 0 Å². The van der Waals surface area contributed by atoms with Gasteiger partial charge in [0, 0.05) is 19.6 Å². The molecule has 0 saturated carbocycles. The zero-order valence-electron chi connectivity index (χ0n) is 18.6. The molecular formula is C23H31N3O4. The molecule has 3 aliphatic rings. The first kappa shape index (κ1) is 20.7. The van der Waals surface area contributed by atoms with Crippen LogP contribution < -0.4 is 20.1 Å². The minimum Gasteiger partial charge on any atom is -0.480 e. The van der Waals surface area contributed by atoms with E-state index in [0.29, 0.717) is 36.7 Å². The van der Waals surface area contributed by atoms with E-state index in [-0.39, 0.29) is 17.9 Å². The van der Waals surface area contributed by atoms with Crippen molar-refractivity contribution in [3.05, 3.63) is 30.0 Å². The molecule has 1 aromatic rings. The topological polar surface area (TPSA) is 79.9 Å². The van der Waals surface area contributed by atoms with Gasteiger partial charge < -0.3 is 25.0 Å². The Morgan fingerprint density at radius 1 is 1.23 bits per heavy atom. The molecule has 7 nitrogen and oxygen atoms in total. The number of likely N-dealkylation sites (N-methyl/N-ethyl adjacent to an activating group) is 1. The number of hydrogen-bond acceptors (Lipinski definition) is 5. The van der Waals surface area contributed by atoms with Crippen LogP contribution in [0.25, 0.3) is 0 Å². The Morgan fingerprint density at radius 3 is 2.67 bits per heavy atom. The summed E-state index contributed by atoms with van der Waals surface area (Å²) < 4.78 is 12.0. The number of nitrogens with one attached hydrogen (secondary N) is 2. The third-order valence-corrected chi connectivity index (χ3v) is 6.66. The van der Waals surface area contributed by atoms with Gasteiger partial charge in [0.05, 0.1) is 23.9 Å². The lowest BCUT2D eigenvalue weighted by molar-refractivity contribution is -0.136. The van der Waals surface area contributed by atoms with Crippen molar-refractivity contribution in [2.75, 3.05) is 25.5 Å². The fourth-order valence-electron chi connectivity index (χ4n) is 4.79. The number of piperazine rings is 1. The van der Waals surface area contributed by atoms with Gasteiger partial charge in [0.15, 0.2) is 11.5 Å². The SMILES string of the molecule is CN1C(=O)CNC[C@H]1C[C@]1(C(C)(C)C)C(=O)Nc2c1ccc1c2OC=CC(C)(C)O1. The first-order valence-electron chi connectivity index (χ1n) is 10.4. The van der Waals surface area contributed by atoms with Gasteiger partial charge >= 0.3 is 0 Å². The summed E-state index contributed by atoms with van der Waals surface area (Å²) in [5.74, 6) is 1.10. The summed E-state index contributed by atoms with van der Waals surface area (Å²) in [4.78, 5) is 27.6. The maximum absolute atomic E-state index is 13.6. The second kappa shape index (κ2) is 6.74. The third-order valence-electron chi connectivity index (χ3n) is 6.66. The number of nitrogens with zero attached hydrogens (tertiary/aromatic N) is 1. The number of carbonyl (C=O) groups is 2. The lowest BCUT2D eigenvalue weighted by Crippen LogP contribution is -2.58. The van der Waals surface area contributed by atoms with Crippen LogP contribution in [0, 0.1) is 5.41 Å². The van der Waals surface area contributed by atoms with Crippen molar-refractivity contribution >= 4 is 17.5 Å². The highest BCUT2D eigenvalue weighted by Crippen LogP contribution is 2.57. The molecule has 3 heterocycles. The smallest absolute Gasteiger partial charge is 0.236 e. The molecule has 4 rings (SSSR count). The van der Waals surface area contributed by atoms with Crippen LogP contribution in [-0.2, 0) is 15.0 Å². The van der Waals surface area contributed by atoms with Crippen LogP contribution in [0.15, 0.2) is 24.5 Å². The van der Waals surface area contributed by atoms with E-state index in [1.165, 1.54) is 0 Å². The summed E-state index contributed by atoms with van der Waals surface area (Å²) in [6.07, 6.45) is 3.99. The van der Waals surface area contributed by atoms with E-state index in [0.717, 1.165) is 5.56 Å². The molecule has 0 bridgehead atoms. The minimum atomic E-state index is -0.815. The number of benzene rings is 1. The average molecular weight is 414 g/mol. The summed E-state index contributed by atoms with van der Waals surface area (Å²) in [5, 5.41) is 6.28. The molecule has 2 N–H and O–H groups in total. The van der Waals surface area contributed by atoms with Crippen LogP contribution in [-0.4, -0.2) is 48.5 Å².